The molecule has 0 aliphatic heterocycles. The number of hydrogen-bond donors (Lipinski definition) is 1. The quantitative estimate of drug-likeness (QED) is 0.660. The van der Waals surface area contributed by atoms with Crippen molar-refractivity contribution < 1.29 is 14.3 Å². The van der Waals surface area contributed by atoms with Crippen LogP contribution in [-0.2, 0) is 11.3 Å². The van der Waals surface area contributed by atoms with E-state index in [0.717, 1.165) is 0 Å². The van der Waals surface area contributed by atoms with Gasteiger partial charge in [-0.1, -0.05) is 6.07 Å². The minimum atomic E-state index is -0.567. The predicted octanol–water partition coefficient (Wildman–Crippen LogP) is 1.42. The van der Waals surface area contributed by atoms with Crippen molar-refractivity contribution in [3.05, 3.63) is 48.0 Å². The molecule has 0 aliphatic rings. The second kappa shape index (κ2) is 5.81. The number of nitrogens with zero attached hydrogens (tertiary/aromatic N) is 2. The highest BCUT2D eigenvalue weighted by atomic mass is 16.5. The lowest BCUT2D eigenvalue weighted by Gasteiger charge is -2.10. The number of esters is 1. The number of hydrogen-bond acceptors (Lipinski definition) is 6. The van der Waals surface area contributed by atoms with Crippen LogP contribution in [0, 0.1) is 0 Å². The zero-order chi connectivity index (χ0) is 13.7. The van der Waals surface area contributed by atoms with E-state index >= 15 is 0 Å². The zero-order valence-electron chi connectivity index (χ0n) is 10.4. The lowest BCUT2D eigenvalue weighted by molar-refractivity contribution is 0.0460. The molecule has 2 aromatic rings. The molecule has 98 valence electrons. The number of nitrogens with two attached hydrogens (primary N) is 1. The molecule has 1 heterocycles. The number of benzene rings is 1. The van der Waals surface area contributed by atoms with Gasteiger partial charge in [-0.05, 0) is 18.2 Å². The van der Waals surface area contributed by atoms with Crippen molar-refractivity contribution in [3.63, 3.8) is 0 Å². The maximum Gasteiger partial charge on any atom is 0.344 e. The number of ether oxygens (including phenoxy) is 2. The summed E-state index contributed by atoms with van der Waals surface area (Å²) in [6.07, 6.45) is 3.15. The summed E-state index contributed by atoms with van der Waals surface area (Å²) in [6, 6.07) is 6.64. The number of anilines is 1. The van der Waals surface area contributed by atoms with Gasteiger partial charge in [0, 0.05) is 18.1 Å². The summed E-state index contributed by atoms with van der Waals surface area (Å²) >= 11 is 0. The van der Waals surface area contributed by atoms with Crippen molar-refractivity contribution in [3.8, 4) is 5.75 Å². The molecule has 6 nitrogen and oxygen atoms in total. The van der Waals surface area contributed by atoms with E-state index in [1.807, 2.05) is 0 Å². The summed E-state index contributed by atoms with van der Waals surface area (Å²) in [5.74, 6) is 0.228. The minimum absolute atomic E-state index is 0.0167. The van der Waals surface area contributed by atoms with Crippen molar-refractivity contribution in [2.24, 2.45) is 0 Å². The molecule has 1 aromatic heterocycles. The lowest BCUT2D eigenvalue weighted by Crippen LogP contribution is -2.11. The highest BCUT2D eigenvalue weighted by Crippen LogP contribution is 2.25. The van der Waals surface area contributed by atoms with E-state index in [4.69, 9.17) is 15.2 Å². The molecule has 0 bridgehead atoms. The molecule has 0 spiro atoms. The number of methoxy groups -OCH3 is 1. The summed E-state index contributed by atoms with van der Waals surface area (Å²) in [4.78, 5) is 19.9. The van der Waals surface area contributed by atoms with Gasteiger partial charge in [-0.2, -0.15) is 0 Å². The van der Waals surface area contributed by atoms with Crippen LogP contribution in [-0.4, -0.2) is 23.0 Å². The van der Waals surface area contributed by atoms with Gasteiger partial charge in [-0.25, -0.2) is 14.8 Å². The summed E-state index contributed by atoms with van der Waals surface area (Å²) in [7, 11) is 1.46. The summed E-state index contributed by atoms with van der Waals surface area (Å²) in [5.41, 5.74) is 6.27. The Kier molecular flexibility index (Phi) is 3.92. The number of rotatable bonds is 4. The van der Waals surface area contributed by atoms with Crippen molar-refractivity contribution in [1.82, 2.24) is 9.97 Å². The fourth-order valence-corrected chi connectivity index (χ4v) is 1.54. The summed E-state index contributed by atoms with van der Waals surface area (Å²) in [6.45, 7) is -0.0167. The van der Waals surface area contributed by atoms with E-state index in [-0.39, 0.29) is 12.2 Å². The number of nitrogen functional groups attached to an aromatic ring is 1. The van der Waals surface area contributed by atoms with Gasteiger partial charge in [0.05, 0.1) is 7.11 Å². The first kappa shape index (κ1) is 12.8. The van der Waals surface area contributed by atoms with Gasteiger partial charge in [0.1, 0.15) is 11.3 Å². The van der Waals surface area contributed by atoms with Gasteiger partial charge >= 0.3 is 5.97 Å². The van der Waals surface area contributed by atoms with Gasteiger partial charge in [0.2, 0.25) is 0 Å². The third kappa shape index (κ3) is 2.98. The van der Waals surface area contributed by atoms with E-state index in [2.05, 4.69) is 9.97 Å². The molecule has 0 saturated carbocycles. The van der Waals surface area contributed by atoms with Crippen molar-refractivity contribution in [2.75, 3.05) is 12.8 Å². The molecule has 2 rings (SSSR count). The van der Waals surface area contributed by atoms with Crippen LogP contribution < -0.4 is 10.5 Å². The van der Waals surface area contributed by atoms with Crippen LogP contribution in [0.1, 0.15) is 16.2 Å². The second-order valence-electron chi connectivity index (χ2n) is 3.67. The molecule has 6 heteroatoms. The van der Waals surface area contributed by atoms with Crippen LogP contribution in [0.4, 0.5) is 5.69 Å². The van der Waals surface area contributed by atoms with Gasteiger partial charge in [-0.15, -0.1) is 0 Å². The van der Waals surface area contributed by atoms with E-state index < -0.39 is 5.97 Å². The Balaban J connectivity index is 2.12. The monoisotopic (exact) mass is 259 g/mol. The normalized spacial score (nSPS) is 9.95. The topological polar surface area (TPSA) is 87.3 Å². The first-order chi connectivity index (χ1) is 9.22. The Morgan fingerprint density at radius 3 is 2.68 bits per heavy atom. The Bertz CT molecular complexity index is 573. The van der Waals surface area contributed by atoms with E-state index in [9.17, 15) is 4.79 Å². The molecule has 0 amide bonds. The third-order valence-corrected chi connectivity index (χ3v) is 2.43. The highest BCUT2D eigenvalue weighted by molar-refractivity contribution is 5.98. The molecule has 1 aromatic carbocycles. The fraction of sp³-hybridized carbons (Fsp3) is 0.154. The summed E-state index contributed by atoms with van der Waals surface area (Å²) in [5, 5.41) is 0. The van der Waals surface area contributed by atoms with Crippen LogP contribution in [0.5, 0.6) is 5.75 Å². The molecule has 0 fully saturated rings. The van der Waals surface area contributed by atoms with Crippen molar-refractivity contribution in [2.45, 2.75) is 6.61 Å². The number of aromatic nitrogens is 2. The zero-order valence-corrected chi connectivity index (χ0v) is 10.4. The van der Waals surface area contributed by atoms with E-state index in [1.54, 1.807) is 36.7 Å². The average molecular weight is 259 g/mol. The standard InChI is InChI=1S/C13H13N3O3/c1-18-10-5-2-4-9(14)12(10)13(17)19-8-11-15-6-3-7-16-11/h2-7H,8,14H2,1H3. The van der Waals surface area contributed by atoms with Crippen LogP contribution in [0.25, 0.3) is 0 Å². The molecule has 0 saturated heterocycles. The molecule has 2 N–H and O–H groups in total. The van der Waals surface area contributed by atoms with E-state index in [0.29, 0.717) is 17.3 Å². The molecular formula is C13H13N3O3. The molecule has 0 aliphatic carbocycles. The maximum atomic E-state index is 12.0. The van der Waals surface area contributed by atoms with E-state index in [1.165, 1.54) is 7.11 Å². The molecular weight excluding hydrogens is 246 g/mol. The SMILES string of the molecule is COc1cccc(N)c1C(=O)OCc1ncccn1. The maximum absolute atomic E-state index is 12.0. The van der Waals surface area contributed by atoms with Gasteiger partial charge in [0.25, 0.3) is 0 Å². The average Bonchev–Trinajstić information content (AvgIpc) is 2.45. The Morgan fingerprint density at radius 2 is 2.00 bits per heavy atom. The lowest BCUT2D eigenvalue weighted by atomic mass is 10.1. The molecule has 0 unspecified atom stereocenters. The number of carbonyl (C=O) groups excluding carboxylic acids is 1. The van der Waals surface area contributed by atoms with Crippen molar-refractivity contribution in [1.29, 1.82) is 0 Å². The van der Waals surface area contributed by atoms with Crippen molar-refractivity contribution >= 4 is 11.7 Å². The smallest absolute Gasteiger partial charge is 0.344 e. The minimum Gasteiger partial charge on any atom is -0.496 e. The molecule has 19 heavy (non-hydrogen) atoms. The van der Waals surface area contributed by atoms with Gasteiger partial charge in [-0.3, -0.25) is 0 Å². The van der Waals surface area contributed by atoms with Gasteiger partial charge in [0.15, 0.2) is 12.4 Å². The Labute approximate surface area is 110 Å². The van der Waals surface area contributed by atoms with Crippen LogP contribution >= 0.6 is 0 Å². The van der Waals surface area contributed by atoms with Crippen LogP contribution in [0.15, 0.2) is 36.7 Å². The first-order valence-corrected chi connectivity index (χ1v) is 5.58. The highest BCUT2D eigenvalue weighted by Gasteiger charge is 2.17. The second-order valence-corrected chi connectivity index (χ2v) is 3.67. The number of carbonyl (C=O) groups is 1. The van der Waals surface area contributed by atoms with Gasteiger partial charge < -0.3 is 15.2 Å². The molecule has 0 radical (unpaired) electrons. The third-order valence-electron chi connectivity index (χ3n) is 2.43. The Morgan fingerprint density at radius 1 is 1.26 bits per heavy atom. The van der Waals surface area contributed by atoms with Crippen LogP contribution in [0.3, 0.4) is 0 Å². The first-order valence-electron chi connectivity index (χ1n) is 5.58. The fourth-order valence-electron chi connectivity index (χ4n) is 1.54. The summed E-state index contributed by atoms with van der Waals surface area (Å²) < 4.78 is 10.2. The predicted molar refractivity (Wildman–Crippen MR) is 68.6 cm³/mol. The van der Waals surface area contributed by atoms with Crippen LogP contribution in [0.2, 0.25) is 0 Å². The Hall–Kier alpha value is -2.63. The largest absolute Gasteiger partial charge is 0.496 e. The molecule has 0 atom stereocenters.